The lowest BCUT2D eigenvalue weighted by Crippen LogP contribution is -2.11. The molecule has 1 N–H and O–H groups in total. The van der Waals surface area contributed by atoms with Gasteiger partial charge >= 0.3 is 5.97 Å². The van der Waals surface area contributed by atoms with Crippen LogP contribution in [0.3, 0.4) is 0 Å². The molecule has 0 fully saturated rings. The number of fused-ring (bicyclic) bond motifs is 1. The Morgan fingerprint density at radius 1 is 1.40 bits per heavy atom. The maximum Gasteiger partial charge on any atom is 0.307 e. The van der Waals surface area contributed by atoms with Gasteiger partial charge in [-0.25, -0.2) is 4.98 Å². The summed E-state index contributed by atoms with van der Waals surface area (Å²) in [5.74, 6) is -3.34. The highest BCUT2D eigenvalue weighted by Gasteiger charge is 2.31. The summed E-state index contributed by atoms with van der Waals surface area (Å²) in [4.78, 5) is 15.2. The van der Waals surface area contributed by atoms with Crippen molar-refractivity contribution in [3.05, 3.63) is 44.7 Å². The molecule has 0 saturated carbocycles. The molecule has 0 amide bonds. The number of aliphatic carboxylic acids is 1. The van der Waals surface area contributed by atoms with Crippen LogP contribution in [-0.4, -0.2) is 16.1 Å². The molecule has 0 aliphatic carbocycles. The topological polar surface area (TPSA) is 59.4 Å². The molecule has 0 spiro atoms. The average Bonchev–Trinajstić information content (AvgIpc) is 3.08. The van der Waals surface area contributed by atoms with Crippen molar-refractivity contribution in [1.29, 1.82) is 0 Å². The number of carboxylic acid groups (broad SMARTS) is 1. The van der Waals surface area contributed by atoms with Crippen molar-refractivity contribution >= 4 is 38.7 Å². The minimum atomic E-state index is -3.01. The van der Waals surface area contributed by atoms with Crippen LogP contribution in [0, 0.1) is 6.92 Å². The predicted molar refractivity (Wildman–Crippen MR) is 93.9 cm³/mol. The van der Waals surface area contributed by atoms with E-state index in [4.69, 9.17) is 9.84 Å². The number of carboxylic acids is 1. The number of benzene rings is 1. The highest BCUT2D eigenvalue weighted by Crippen LogP contribution is 2.34. The number of thiophene rings is 1. The minimum absolute atomic E-state index is 0.0170. The summed E-state index contributed by atoms with van der Waals surface area (Å²) in [6.07, 6.45) is -0.0325. The van der Waals surface area contributed by atoms with Crippen molar-refractivity contribution in [2.45, 2.75) is 32.8 Å². The van der Waals surface area contributed by atoms with E-state index in [1.54, 1.807) is 25.1 Å². The molecule has 0 radical (unpaired) electrons. The fourth-order valence-corrected chi connectivity index (χ4v) is 4.43. The zero-order chi connectivity index (χ0) is 18.2. The lowest BCUT2D eigenvalue weighted by atomic mass is 10.1. The fraction of sp³-hybridized carbons (Fsp3) is 0.294. The zero-order valence-electron chi connectivity index (χ0n) is 13.5. The van der Waals surface area contributed by atoms with E-state index in [9.17, 15) is 13.6 Å². The molecule has 0 unspecified atom stereocenters. The van der Waals surface area contributed by atoms with E-state index in [-0.39, 0.29) is 18.7 Å². The first-order valence-electron chi connectivity index (χ1n) is 7.43. The molecule has 0 saturated heterocycles. The molecular weight excluding hydrogens is 368 g/mol. The van der Waals surface area contributed by atoms with Crippen molar-refractivity contribution < 1.29 is 23.4 Å². The Morgan fingerprint density at radius 2 is 2.16 bits per heavy atom. The van der Waals surface area contributed by atoms with Crippen LogP contribution in [0.15, 0.2) is 23.6 Å². The fourth-order valence-electron chi connectivity index (χ4n) is 2.51. The molecule has 132 valence electrons. The van der Waals surface area contributed by atoms with Gasteiger partial charge in [0.1, 0.15) is 18.1 Å². The minimum Gasteiger partial charge on any atom is -0.488 e. The van der Waals surface area contributed by atoms with Crippen LogP contribution in [0.1, 0.15) is 28.1 Å². The van der Waals surface area contributed by atoms with Gasteiger partial charge in [-0.15, -0.1) is 22.7 Å². The second kappa shape index (κ2) is 6.68. The quantitative estimate of drug-likeness (QED) is 0.652. The first-order chi connectivity index (χ1) is 11.7. The molecule has 3 aromatic rings. The number of hydrogen-bond donors (Lipinski definition) is 1. The molecule has 0 aliphatic rings. The van der Waals surface area contributed by atoms with E-state index in [0.29, 0.717) is 15.6 Å². The summed E-state index contributed by atoms with van der Waals surface area (Å²) < 4.78 is 33.8. The second-order valence-corrected chi connectivity index (χ2v) is 7.87. The number of rotatable bonds is 6. The van der Waals surface area contributed by atoms with E-state index in [1.165, 1.54) is 22.7 Å². The molecule has 2 aromatic heterocycles. The van der Waals surface area contributed by atoms with E-state index in [1.807, 2.05) is 5.38 Å². The number of alkyl halides is 2. The summed E-state index contributed by atoms with van der Waals surface area (Å²) in [7, 11) is 0. The third kappa shape index (κ3) is 3.96. The Balaban J connectivity index is 1.79. The maximum atomic E-state index is 13.6. The Bertz CT molecular complexity index is 928. The van der Waals surface area contributed by atoms with Gasteiger partial charge in [0.15, 0.2) is 0 Å². The number of aryl methyl sites for hydroxylation is 1. The van der Waals surface area contributed by atoms with Crippen LogP contribution in [0.5, 0.6) is 5.75 Å². The Labute approximate surface area is 150 Å². The molecule has 0 atom stereocenters. The number of carbonyl (C=O) groups is 1. The van der Waals surface area contributed by atoms with Crippen molar-refractivity contribution in [3.8, 4) is 5.75 Å². The van der Waals surface area contributed by atoms with Gasteiger partial charge in [-0.05, 0) is 41.5 Å². The molecule has 25 heavy (non-hydrogen) atoms. The lowest BCUT2D eigenvalue weighted by Gasteiger charge is -2.11. The summed E-state index contributed by atoms with van der Waals surface area (Å²) >= 11 is 2.63. The third-order valence-electron chi connectivity index (χ3n) is 3.56. The van der Waals surface area contributed by atoms with Crippen LogP contribution in [0.2, 0.25) is 0 Å². The van der Waals surface area contributed by atoms with Gasteiger partial charge in [-0.3, -0.25) is 4.79 Å². The number of halogens is 2. The first-order valence-corrected chi connectivity index (χ1v) is 9.13. The largest absolute Gasteiger partial charge is 0.488 e. The highest BCUT2D eigenvalue weighted by molar-refractivity contribution is 7.17. The molecule has 8 heteroatoms. The van der Waals surface area contributed by atoms with Crippen LogP contribution >= 0.6 is 22.7 Å². The monoisotopic (exact) mass is 383 g/mol. The molecule has 1 aromatic carbocycles. The van der Waals surface area contributed by atoms with Crippen LogP contribution in [-0.2, 0) is 23.7 Å². The molecular formula is C17H15F2NO3S2. The molecule has 0 bridgehead atoms. The van der Waals surface area contributed by atoms with Gasteiger partial charge in [0, 0.05) is 11.6 Å². The third-order valence-corrected chi connectivity index (χ3v) is 5.50. The Kier molecular flexibility index (Phi) is 4.75. The molecule has 0 aliphatic heterocycles. The number of nitrogens with zero attached hydrogens (tertiary/aromatic N) is 1. The van der Waals surface area contributed by atoms with E-state index in [2.05, 4.69) is 4.98 Å². The van der Waals surface area contributed by atoms with Gasteiger partial charge in [-0.2, -0.15) is 8.78 Å². The molecule has 2 heterocycles. The van der Waals surface area contributed by atoms with Gasteiger partial charge in [0.2, 0.25) is 0 Å². The van der Waals surface area contributed by atoms with E-state index in [0.717, 1.165) is 22.6 Å². The first kappa shape index (κ1) is 17.8. The summed E-state index contributed by atoms with van der Waals surface area (Å²) in [5, 5.41) is 12.2. The van der Waals surface area contributed by atoms with Crippen molar-refractivity contribution in [2.75, 3.05) is 0 Å². The average molecular weight is 383 g/mol. The maximum absolute atomic E-state index is 13.6. The van der Waals surface area contributed by atoms with Crippen LogP contribution < -0.4 is 4.74 Å². The van der Waals surface area contributed by atoms with Gasteiger partial charge in [-0.1, -0.05) is 0 Å². The molecule has 4 nitrogen and oxygen atoms in total. The molecule has 3 rings (SSSR count). The lowest BCUT2D eigenvalue weighted by molar-refractivity contribution is -0.136. The number of thiazole rings is 1. The smallest absolute Gasteiger partial charge is 0.307 e. The standard InChI is InChI=1S/C17H15F2NO3S2/c1-9-20-16(17(2,18)19)14(25-9)7-23-11-3-4-12-10(5-15(21)22)8-24-13(12)6-11/h3-4,6,8H,5,7H2,1-2H3,(H,21,22). The van der Waals surface area contributed by atoms with Gasteiger partial charge in [0.05, 0.1) is 16.3 Å². The van der Waals surface area contributed by atoms with Gasteiger partial charge in [0.25, 0.3) is 5.92 Å². The van der Waals surface area contributed by atoms with Gasteiger partial charge < -0.3 is 9.84 Å². The Morgan fingerprint density at radius 3 is 2.84 bits per heavy atom. The van der Waals surface area contributed by atoms with Crippen molar-refractivity contribution in [2.24, 2.45) is 0 Å². The number of hydrogen-bond acceptors (Lipinski definition) is 5. The summed E-state index contributed by atoms with van der Waals surface area (Å²) in [6, 6.07) is 5.31. The summed E-state index contributed by atoms with van der Waals surface area (Å²) in [6.45, 7) is 2.53. The zero-order valence-corrected chi connectivity index (χ0v) is 15.1. The second-order valence-electron chi connectivity index (χ2n) is 5.67. The van der Waals surface area contributed by atoms with Crippen molar-refractivity contribution in [3.63, 3.8) is 0 Å². The number of aromatic nitrogens is 1. The van der Waals surface area contributed by atoms with E-state index >= 15 is 0 Å². The highest BCUT2D eigenvalue weighted by atomic mass is 32.1. The van der Waals surface area contributed by atoms with Crippen LogP contribution in [0.4, 0.5) is 8.78 Å². The summed E-state index contributed by atoms with van der Waals surface area (Å²) in [5.41, 5.74) is 0.515. The number of ether oxygens (including phenoxy) is 1. The van der Waals surface area contributed by atoms with E-state index < -0.39 is 11.9 Å². The Hall–Kier alpha value is -2.06. The SMILES string of the molecule is Cc1nc(C(C)(F)F)c(COc2ccc3c(CC(=O)O)csc3c2)s1. The predicted octanol–water partition coefficient (Wildman–Crippen LogP) is 4.98. The van der Waals surface area contributed by atoms with Crippen LogP contribution in [0.25, 0.3) is 10.1 Å². The normalized spacial score (nSPS) is 11.8. The van der Waals surface area contributed by atoms with Crippen molar-refractivity contribution in [1.82, 2.24) is 4.98 Å².